The molecule has 0 unspecified atom stereocenters. The van der Waals surface area contributed by atoms with Crippen LogP contribution in [0.25, 0.3) is 0 Å². The summed E-state index contributed by atoms with van der Waals surface area (Å²) in [6.45, 7) is 2.09. The van der Waals surface area contributed by atoms with E-state index in [1.165, 1.54) is 11.8 Å². The van der Waals surface area contributed by atoms with Crippen LogP contribution < -0.4 is 10.1 Å². The van der Waals surface area contributed by atoms with E-state index in [2.05, 4.69) is 5.32 Å². The van der Waals surface area contributed by atoms with Crippen molar-refractivity contribution in [2.45, 2.75) is 30.1 Å². The van der Waals surface area contributed by atoms with Gasteiger partial charge in [0, 0.05) is 10.5 Å². The van der Waals surface area contributed by atoms with Gasteiger partial charge in [-0.3, -0.25) is 9.59 Å². The summed E-state index contributed by atoms with van der Waals surface area (Å²) in [6, 6.07) is 13.2. The molecule has 2 aromatic rings. The maximum atomic E-state index is 12.2. The molecule has 0 fully saturated rings. The van der Waals surface area contributed by atoms with Gasteiger partial charge in [0.2, 0.25) is 5.91 Å². The van der Waals surface area contributed by atoms with Crippen molar-refractivity contribution in [3.63, 3.8) is 0 Å². The second-order valence-corrected chi connectivity index (χ2v) is 7.02. The van der Waals surface area contributed by atoms with Crippen molar-refractivity contribution >= 4 is 29.3 Å². The van der Waals surface area contributed by atoms with E-state index < -0.39 is 11.2 Å². The monoisotopic (exact) mass is 357 g/mol. The molecule has 0 aliphatic carbocycles. The zero-order chi connectivity index (χ0) is 17.8. The Morgan fingerprint density at radius 2 is 2.04 bits per heavy atom. The van der Waals surface area contributed by atoms with E-state index >= 15 is 0 Å². The van der Waals surface area contributed by atoms with Gasteiger partial charge in [-0.15, -0.1) is 11.8 Å². The third-order valence-electron chi connectivity index (χ3n) is 3.88. The third kappa shape index (κ3) is 4.14. The second kappa shape index (κ2) is 7.61. The zero-order valence-corrected chi connectivity index (χ0v) is 14.9. The van der Waals surface area contributed by atoms with Crippen molar-refractivity contribution in [1.29, 1.82) is 0 Å². The molecule has 0 saturated carbocycles. The molecular weight excluding hydrogens is 338 g/mol. The summed E-state index contributed by atoms with van der Waals surface area (Å²) < 4.78 is 10.6. The second-order valence-electron chi connectivity index (χ2n) is 5.77. The van der Waals surface area contributed by atoms with Crippen molar-refractivity contribution in [3.8, 4) is 5.75 Å². The van der Waals surface area contributed by atoms with Crippen LogP contribution in [0.4, 0.5) is 5.69 Å². The molecule has 0 aromatic heterocycles. The highest BCUT2D eigenvalue weighted by atomic mass is 32.2. The Balaban J connectivity index is 1.60. The molecule has 0 bridgehead atoms. The van der Waals surface area contributed by atoms with E-state index in [0.717, 1.165) is 21.7 Å². The lowest BCUT2D eigenvalue weighted by atomic mass is 10.1. The average Bonchev–Trinajstić information content (AvgIpc) is 2.60. The van der Waals surface area contributed by atoms with Gasteiger partial charge >= 0.3 is 5.97 Å². The number of ether oxygens (including phenoxy) is 2. The summed E-state index contributed by atoms with van der Waals surface area (Å²) in [6.07, 6.45) is 0.0268. The van der Waals surface area contributed by atoms with Crippen LogP contribution in [-0.4, -0.2) is 24.2 Å². The first-order valence-corrected chi connectivity index (χ1v) is 8.80. The Morgan fingerprint density at radius 1 is 1.24 bits per heavy atom. The molecule has 1 atom stereocenters. The molecule has 5 nitrogen and oxygen atoms in total. The van der Waals surface area contributed by atoms with Crippen LogP contribution in [0.2, 0.25) is 0 Å². The summed E-state index contributed by atoms with van der Waals surface area (Å²) in [4.78, 5) is 25.3. The normalized spacial score (nSPS) is 15.9. The number of amides is 1. The van der Waals surface area contributed by atoms with Crippen LogP contribution in [0.1, 0.15) is 17.5 Å². The fourth-order valence-electron chi connectivity index (χ4n) is 2.62. The number of hydrogen-bond donors (Lipinski definition) is 1. The Kier molecular flexibility index (Phi) is 5.28. The summed E-state index contributed by atoms with van der Waals surface area (Å²) in [5.41, 5.74) is 2.65. The van der Waals surface area contributed by atoms with Gasteiger partial charge in [-0.2, -0.15) is 0 Å². The number of benzene rings is 2. The number of para-hydroxylation sites is 1. The van der Waals surface area contributed by atoms with Crippen molar-refractivity contribution in [2.75, 3.05) is 12.4 Å². The number of fused-ring (bicyclic) bond motifs is 1. The molecule has 0 saturated heterocycles. The predicted molar refractivity (Wildman–Crippen MR) is 96.9 cm³/mol. The average molecular weight is 357 g/mol. The van der Waals surface area contributed by atoms with E-state index in [1.54, 1.807) is 7.11 Å². The van der Waals surface area contributed by atoms with Gasteiger partial charge in [0.1, 0.15) is 12.4 Å². The number of thioether (sulfide) groups is 1. The fraction of sp³-hybridized carbons (Fsp3) is 0.263. The SMILES string of the molecule is COc1ccc(C)cc1COC(=O)C[C@H]1Sc2ccccc2NC1=O. The van der Waals surface area contributed by atoms with Gasteiger partial charge in [0.15, 0.2) is 0 Å². The third-order valence-corrected chi connectivity index (χ3v) is 5.16. The molecular formula is C19H19NO4S. The number of methoxy groups -OCH3 is 1. The highest BCUT2D eigenvalue weighted by molar-refractivity contribution is 8.01. The Labute approximate surface area is 150 Å². The topological polar surface area (TPSA) is 64.6 Å². The number of anilines is 1. The standard InChI is InChI=1S/C19H19NO4S/c1-12-7-8-15(23-2)13(9-12)11-24-18(21)10-17-19(22)20-14-5-3-4-6-16(14)25-17/h3-9,17H,10-11H2,1-2H3,(H,20,22)/t17-/m1/s1. The number of esters is 1. The van der Waals surface area contributed by atoms with Crippen LogP contribution in [0.15, 0.2) is 47.4 Å². The number of hydrogen-bond acceptors (Lipinski definition) is 5. The summed E-state index contributed by atoms with van der Waals surface area (Å²) in [7, 11) is 1.58. The quantitative estimate of drug-likeness (QED) is 0.829. The highest BCUT2D eigenvalue weighted by Gasteiger charge is 2.29. The van der Waals surface area contributed by atoms with Gasteiger partial charge in [-0.25, -0.2) is 0 Å². The largest absolute Gasteiger partial charge is 0.496 e. The number of nitrogens with one attached hydrogen (secondary N) is 1. The van der Waals surface area contributed by atoms with Gasteiger partial charge in [-0.1, -0.05) is 23.8 Å². The lowest BCUT2D eigenvalue weighted by molar-refractivity contribution is -0.145. The van der Waals surface area contributed by atoms with Crippen LogP contribution in [0.3, 0.4) is 0 Å². The molecule has 25 heavy (non-hydrogen) atoms. The molecule has 2 aromatic carbocycles. The Bertz CT molecular complexity index is 806. The molecule has 1 amide bonds. The molecule has 0 radical (unpaired) electrons. The summed E-state index contributed by atoms with van der Waals surface area (Å²) in [5.74, 6) is 0.0986. The highest BCUT2D eigenvalue weighted by Crippen LogP contribution is 2.36. The molecule has 1 N–H and O–H groups in total. The predicted octanol–water partition coefficient (Wildman–Crippen LogP) is 3.55. The minimum Gasteiger partial charge on any atom is -0.496 e. The molecule has 130 valence electrons. The molecule has 0 spiro atoms. The first-order chi connectivity index (χ1) is 12.1. The van der Waals surface area contributed by atoms with Crippen LogP contribution in [-0.2, 0) is 20.9 Å². The van der Waals surface area contributed by atoms with Crippen molar-refractivity contribution in [2.24, 2.45) is 0 Å². The first-order valence-electron chi connectivity index (χ1n) is 7.92. The molecule has 1 heterocycles. The van der Waals surface area contributed by atoms with Crippen LogP contribution >= 0.6 is 11.8 Å². The maximum absolute atomic E-state index is 12.2. The van der Waals surface area contributed by atoms with E-state index in [9.17, 15) is 9.59 Å². The Morgan fingerprint density at radius 3 is 2.84 bits per heavy atom. The zero-order valence-electron chi connectivity index (χ0n) is 14.1. The van der Waals surface area contributed by atoms with Crippen molar-refractivity contribution in [1.82, 2.24) is 0 Å². The van der Waals surface area contributed by atoms with Gasteiger partial charge in [0.05, 0.1) is 24.5 Å². The van der Waals surface area contributed by atoms with E-state index in [1.807, 2.05) is 49.4 Å². The molecule has 1 aliphatic heterocycles. The minimum atomic E-state index is -0.484. The number of rotatable bonds is 5. The van der Waals surface area contributed by atoms with E-state index in [4.69, 9.17) is 9.47 Å². The van der Waals surface area contributed by atoms with E-state index in [-0.39, 0.29) is 18.9 Å². The fourth-order valence-corrected chi connectivity index (χ4v) is 3.71. The Hall–Kier alpha value is -2.47. The maximum Gasteiger partial charge on any atom is 0.307 e. The van der Waals surface area contributed by atoms with Crippen molar-refractivity contribution in [3.05, 3.63) is 53.6 Å². The first kappa shape index (κ1) is 17.4. The van der Waals surface area contributed by atoms with Gasteiger partial charge in [0.25, 0.3) is 0 Å². The van der Waals surface area contributed by atoms with Crippen LogP contribution in [0.5, 0.6) is 5.75 Å². The molecule has 6 heteroatoms. The molecule has 3 rings (SSSR count). The lowest BCUT2D eigenvalue weighted by Crippen LogP contribution is -2.31. The smallest absolute Gasteiger partial charge is 0.307 e. The van der Waals surface area contributed by atoms with Crippen LogP contribution in [0, 0.1) is 6.92 Å². The summed E-state index contributed by atoms with van der Waals surface area (Å²) in [5, 5.41) is 2.34. The minimum absolute atomic E-state index is 0.0268. The number of carbonyl (C=O) groups is 2. The van der Waals surface area contributed by atoms with Gasteiger partial charge < -0.3 is 14.8 Å². The lowest BCUT2D eigenvalue weighted by Gasteiger charge is -2.23. The van der Waals surface area contributed by atoms with E-state index in [0.29, 0.717) is 5.75 Å². The molecule has 1 aliphatic rings. The van der Waals surface area contributed by atoms with Crippen molar-refractivity contribution < 1.29 is 19.1 Å². The summed E-state index contributed by atoms with van der Waals surface area (Å²) >= 11 is 1.39. The van der Waals surface area contributed by atoms with Gasteiger partial charge in [-0.05, 0) is 31.2 Å². The number of carbonyl (C=O) groups excluding carboxylic acids is 2. The number of aryl methyl sites for hydroxylation is 1.